The third-order valence-electron chi connectivity index (χ3n) is 13.6. The van der Waals surface area contributed by atoms with Crippen LogP contribution < -0.4 is 4.90 Å². The van der Waals surface area contributed by atoms with Gasteiger partial charge in [-0.05, 0) is 99.6 Å². The Morgan fingerprint density at radius 2 is 0.797 bits per heavy atom. The van der Waals surface area contributed by atoms with E-state index in [-0.39, 0.29) is 0 Å². The third kappa shape index (κ3) is 7.08. The number of hydrogen-bond acceptors (Lipinski definition) is 2. The topological polar surface area (TPSA) is 21.3 Å². The van der Waals surface area contributed by atoms with E-state index in [1.807, 2.05) is 12.1 Å². The quantitative estimate of drug-likeness (QED) is 0.144. The molecule has 69 heavy (non-hydrogen) atoms. The molecule has 0 atom stereocenters. The second kappa shape index (κ2) is 16.9. The highest BCUT2D eigenvalue weighted by molar-refractivity contribution is 6.11. The molecule has 13 rings (SSSR count). The lowest BCUT2D eigenvalue weighted by molar-refractivity contribution is 0.670. The van der Waals surface area contributed by atoms with E-state index in [1.165, 1.54) is 44.1 Å². The molecule has 0 saturated carbocycles. The zero-order chi connectivity index (χ0) is 45.7. The molecule has 3 nitrogen and oxygen atoms in total. The molecule has 2 aromatic heterocycles. The molecule has 3 heteroatoms. The van der Waals surface area contributed by atoms with Gasteiger partial charge in [0.2, 0.25) is 0 Å². The van der Waals surface area contributed by atoms with E-state index >= 15 is 0 Å². The van der Waals surface area contributed by atoms with Crippen LogP contribution in [0.1, 0.15) is 0 Å². The summed E-state index contributed by atoms with van der Waals surface area (Å²) in [5.41, 5.74) is 20.0. The first-order valence-electron chi connectivity index (χ1n) is 23.6. The van der Waals surface area contributed by atoms with Crippen molar-refractivity contribution < 1.29 is 4.42 Å². The molecule has 0 spiro atoms. The van der Waals surface area contributed by atoms with Crippen LogP contribution in [-0.2, 0) is 0 Å². The molecule has 13 aromatic rings. The van der Waals surface area contributed by atoms with Crippen LogP contribution in [-0.4, -0.2) is 4.57 Å². The molecular formula is C66H44N2O. The summed E-state index contributed by atoms with van der Waals surface area (Å²) in [6.07, 6.45) is 0. The summed E-state index contributed by atoms with van der Waals surface area (Å²) in [5.74, 6) is 0. The van der Waals surface area contributed by atoms with Gasteiger partial charge in [-0.15, -0.1) is 0 Å². The maximum Gasteiger partial charge on any atom is 0.143 e. The van der Waals surface area contributed by atoms with Gasteiger partial charge in [0.1, 0.15) is 11.2 Å². The number of para-hydroxylation sites is 6. The van der Waals surface area contributed by atoms with E-state index in [0.29, 0.717) is 0 Å². The minimum Gasteiger partial charge on any atom is -0.455 e. The van der Waals surface area contributed by atoms with Crippen LogP contribution in [0.3, 0.4) is 0 Å². The first-order chi connectivity index (χ1) is 34.2. The Morgan fingerprint density at radius 1 is 0.290 bits per heavy atom. The van der Waals surface area contributed by atoms with E-state index < -0.39 is 0 Å². The second-order valence-corrected chi connectivity index (χ2v) is 17.6. The van der Waals surface area contributed by atoms with E-state index in [1.54, 1.807) is 0 Å². The van der Waals surface area contributed by atoms with Gasteiger partial charge in [-0.3, -0.25) is 0 Å². The van der Waals surface area contributed by atoms with Crippen LogP contribution in [0.2, 0.25) is 0 Å². The molecule has 2 heterocycles. The summed E-state index contributed by atoms with van der Waals surface area (Å²) in [4.78, 5) is 2.40. The fourth-order valence-electron chi connectivity index (χ4n) is 10.4. The molecule has 0 aliphatic rings. The van der Waals surface area contributed by atoms with Crippen LogP contribution in [0.25, 0.3) is 105 Å². The van der Waals surface area contributed by atoms with Crippen molar-refractivity contribution in [2.24, 2.45) is 0 Å². The third-order valence-corrected chi connectivity index (χ3v) is 13.6. The van der Waals surface area contributed by atoms with E-state index in [4.69, 9.17) is 4.42 Å². The SMILES string of the molecule is c1ccc(-c2cccc(-c3ccccc3N(c3ccc(-c4cccc5c4oc4ccccc45)cc3)c3cccc(-c4ccc(-c5ccccc5-n5c6ccccc6c6ccccc65)cc4)c3)c2)cc1. The molecule has 11 aromatic carbocycles. The molecule has 0 radical (unpaired) electrons. The minimum atomic E-state index is 0.898. The zero-order valence-corrected chi connectivity index (χ0v) is 37.7. The largest absolute Gasteiger partial charge is 0.455 e. The molecule has 324 valence electrons. The average Bonchev–Trinajstić information content (AvgIpc) is 3.98. The molecule has 0 fully saturated rings. The molecule has 0 N–H and O–H groups in total. The smallest absolute Gasteiger partial charge is 0.143 e. The van der Waals surface area contributed by atoms with E-state index in [0.717, 1.165) is 78.1 Å². The predicted molar refractivity (Wildman–Crippen MR) is 290 cm³/mol. The fourth-order valence-corrected chi connectivity index (χ4v) is 10.4. The van der Waals surface area contributed by atoms with Crippen molar-refractivity contribution in [3.8, 4) is 61.3 Å². The summed E-state index contributed by atoms with van der Waals surface area (Å²) >= 11 is 0. The Hall–Kier alpha value is -9.18. The number of rotatable bonds is 9. The van der Waals surface area contributed by atoms with Gasteiger partial charge in [-0.25, -0.2) is 0 Å². The van der Waals surface area contributed by atoms with Gasteiger partial charge in [0.05, 0.1) is 22.4 Å². The highest BCUT2D eigenvalue weighted by Gasteiger charge is 2.20. The van der Waals surface area contributed by atoms with Crippen LogP contribution in [0.5, 0.6) is 0 Å². The Labute approximate surface area is 401 Å². The number of anilines is 3. The van der Waals surface area contributed by atoms with Crippen LogP contribution in [0.15, 0.2) is 271 Å². The lowest BCUT2D eigenvalue weighted by Crippen LogP contribution is -2.11. The van der Waals surface area contributed by atoms with Gasteiger partial charge in [-0.2, -0.15) is 0 Å². The lowest BCUT2D eigenvalue weighted by Gasteiger charge is -2.28. The highest BCUT2D eigenvalue weighted by Crippen LogP contribution is 2.44. The molecule has 0 aliphatic heterocycles. The fraction of sp³-hybridized carbons (Fsp3) is 0. The van der Waals surface area contributed by atoms with Gasteiger partial charge in [-0.1, -0.05) is 206 Å². The predicted octanol–water partition coefficient (Wildman–Crippen LogP) is 18.5. The molecule has 0 aliphatic carbocycles. The number of fused-ring (bicyclic) bond motifs is 6. The Bertz CT molecular complexity index is 3960. The number of aromatic nitrogens is 1. The van der Waals surface area contributed by atoms with Crippen molar-refractivity contribution in [3.63, 3.8) is 0 Å². The van der Waals surface area contributed by atoms with Gasteiger partial charge >= 0.3 is 0 Å². The molecule has 0 bridgehead atoms. The van der Waals surface area contributed by atoms with Crippen molar-refractivity contribution in [1.82, 2.24) is 4.57 Å². The molecule has 0 amide bonds. The van der Waals surface area contributed by atoms with Crippen LogP contribution in [0, 0.1) is 0 Å². The zero-order valence-electron chi connectivity index (χ0n) is 37.7. The molecule has 0 unspecified atom stereocenters. The van der Waals surface area contributed by atoms with E-state index in [2.05, 4.69) is 264 Å². The molecular weight excluding hydrogens is 837 g/mol. The summed E-state index contributed by atoms with van der Waals surface area (Å²) < 4.78 is 8.90. The maximum absolute atomic E-state index is 6.49. The Balaban J connectivity index is 0.909. The van der Waals surface area contributed by atoms with Gasteiger partial charge < -0.3 is 13.9 Å². The normalized spacial score (nSPS) is 11.5. The van der Waals surface area contributed by atoms with Crippen molar-refractivity contribution in [2.45, 2.75) is 0 Å². The van der Waals surface area contributed by atoms with Crippen molar-refractivity contribution in [3.05, 3.63) is 267 Å². The second-order valence-electron chi connectivity index (χ2n) is 17.6. The van der Waals surface area contributed by atoms with E-state index in [9.17, 15) is 0 Å². The van der Waals surface area contributed by atoms with Crippen LogP contribution >= 0.6 is 0 Å². The first-order valence-corrected chi connectivity index (χ1v) is 23.6. The summed E-state index contributed by atoms with van der Waals surface area (Å²) in [7, 11) is 0. The lowest BCUT2D eigenvalue weighted by atomic mass is 9.96. The highest BCUT2D eigenvalue weighted by atomic mass is 16.3. The average molecular weight is 881 g/mol. The first kappa shape index (κ1) is 40.1. The van der Waals surface area contributed by atoms with Crippen LogP contribution in [0.4, 0.5) is 17.1 Å². The standard InChI is InChI=1S/C66H44N2O/c1-2-17-45(18-3-1)49-19-14-21-51(43-49)55-24-5-9-30-61(55)67(52-41-39-48(40-42-52)56-28-16-29-60-59-27-8-13-34-65(59)69-66(56)60)53-22-15-20-50(44-53)46-35-37-47(38-36-46)54-23-4-10-31-62(54)68-63-32-11-6-25-57(63)58-26-7-12-33-64(58)68/h1-44H. The summed E-state index contributed by atoms with van der Waals surface area (Å²) in [5, 5.41) is 4.76. The summed E-state index contributed by atoms with van der Waals surface area (Å²) in [6, 6.07) is 96.1. The van der Waals surface area contributed by atoms with Gasteiger partial charge in [0.25, 0.3) is 0 Å². The maximum atomic E-state index is 6.49. The monoisotopic (exact) mass is 880 g/mol. The Morgan fingerprint density at radius 3 is 1.58 bits per heavy atom. The number of hydrogen-bond donors (Lipinski definition) is 0. The van der Waals surface area contributed by atoms with Crippen molar-refractivity contribution >= 4 is 60.8 Å². The van der Waals surface area contributed by atoms with Crippen molar-refractivity contribution in [1.29, 1.82) is 0 Å². The van der Waals surface area contributed by atoms with Gasteiger partial charge in [0.15, 0.2) is 0 Å². The summed E-state index contributed by atoms with van der Waals surface area (Å²) in [6.45, 7) is 0. The Kier molecular flexibility index (Phi) is 9.84. The number of nitrogens with zero attached hydrogens (tertiary/aromatic N) is 2. The molecule has 0 saturated heterocycles. The van der Waals surface area contributed by atoms with Crippen molar-refractivity contribution in [2.75, 3.05) is 4.90 Å². The number of furan rings is 1. The number of benzene rings is 11. The minimum absolute atomic E-state index is 0.898. The van der Waals surface area contributed by atoms with Gasteiger partial charge in [0, 0.05) is 49.6 Å².